The normalized spacial score (nSPS) is 13.1. The first kappa shape index (κ1) is 9.05. The van der Waals surface area contributed by atoms with Gasteiger partial charge in [-0.15, -0.1) is 0 Å². The number of carbonyl (C=O) groups excluding carboxylic acids is 1. The quantitative estimate of drug-likeness (QED) is 0.334. The van der Waals surface area contributed by atoms with Crippen LogP contribution in [0.25, 0.3) is 10.4 Å². The van der Waals surface area contributed by atoms with Crippen LogP contribution >= 0.6 is 15.9 Å². The summed E-state index contributed by atoms with van der Waals surface area (Å²) in [5.41, 5.74) is 9.75. The number of azide groups is 1. The topological polar surface area (TPSA) is 75.1 Å². The van der Waals surface area contributed by atoms with Gasteiger partial charge >= 0.3 is 5.97 Å². The van der Waals surface area contributed by atoms with Crippen LogP contribution in [0.15, 0.2) is 21.7 Å². The van der Waals surface area contributed by atoms with Gasteiger partial charge in [0.15, 0.2) is 0 Å². The third kappa shape index (κ3) is 1.25. The van der Waals surface area contributed by atoms with Crippen molar-refractivity contribution in [2.45, 2.75) is 6.61 Å². The third-order valence-electron chi connectivity index (χ3n) is 1.92. The van der Waals surface area contributed by atoms with Crippen LogP contribution in [0.3, 0.4) is 0 Å². The Morgan fingerprint density at radius 1 is 1.57 bits per heavy atom. The van der Waals surface area contributed by atoms with E-state index in [2.05, 4.69) is 26.0 Å². The smallest absolute Gasteiger partial charge is 0.339 e. The van der Waals surface area contributed by atoms with Crippen LogP contribution in [0.2, 0.25) is 0 Å². The van der Waals surface area contributed by atoms with E-state index in [9.17, 15) is 4.79 Å². The maximum Gasteiger partial charge on any atom is 0.339 e. The van der Waals surface area contributed by atoms with E-state index in [1.54, 1.807) is 12.1 Å². The lowest BCUT2D eigenvalue weighted by atomic mass is 10.1. The molecule has 6 heteroatoms. The van der Waals surface area contributed by atoms with Gasteiger partial charge in [-0.3, -0.25) is 0 Å². The number of hydrogen-bond donors (Lipinski definition) is 0. The predicted octanol–water partition coefficient (Wildman–Crippen LogP) is 3.06. The molecule has 2 rings (SSSR count). The second kappa shape index (κ2) is 3.32. The summed E-state index contributed by atoms with van der Waals surface area (Å²) in [4.78, 5) is 14.0. The molecular formula is C8H4BrN3O2. The van der Waals surface area contributed by atoms with Crippen LogP contribution in [0.1, 0.15) is 15.9 Å². The molecule has 1 aliphatic rings. The summed E-state index contributed by atoms with van der Waals surface area (Å²) in [6.07, 6.45) is 0. The minimum atomic E-state index is -0.441. The average molecular weight is 254 g/mol. The molecule has 1 aromatic rings. The number of halogens is 1. The Hall–Kier alpha value is -1.52. The van der Waals surface area contributed by atoms with Gasteiger partial charge in [-0.1, -0.05) is 27.1 Å². The third-order valence-corrected chi connectivity index (χ3v) is 2.56. The Bertz CT molecular complexity index is 466. The number of fused-ring (bicyclic) bond motifs is 1. The number of carbonyl (C=O) groups is 1. The van der Waals surface area contributed by atoms with Gasteiger partial charge in [0.25, 0.3) is 0 Å². The van der Waals surface area contributed by atoms with E-state index in [1.807, 2.05) is 0 Å². The second-order valence-corrected chi connectivity index (χ2v) is 3.55. The lowest BCUT2D eigenvalue weighted by Crippen LogP contribution is -1.94. The molecule has 0 bridgehead atoms. The summed E-state index contributed by atoms with van der Waals surface area (Å²) >= 11 is 3.21. The van der Waals surface area contributed by atoms with Crippen LogP contribution in [-0.4, -0.2) is 5.97 Å². The summed E-state index contributed by atoms with van der Waals surface area (Å²) in [5, 5.41) is 3.46. The molecule has 0 radical (unpaired) electrons. The van der Waals surface area contributed by atoms with Gasteiger partial charge in [-0.05, 0) is 11.6 Å². The Labute approximate surface area is 87.4 Å². The van der Waals surface area contributed by atoms with Gasteiger partial charge in [0.1, 0.15) is 6.61 Å². The molecule has 70 valence electrons. The summed E-state index contributed by atoms with van der Waals surface area (Å²) in [6.45, 7) is 0.245. The average Bonchev–Trinajstić information content (AvgIpc) is 2.53. The van der Waals surface area contributed by atoms with E-state index in [0.717, 1.165) is 5.56 Å². The minimum Gasteiger partial charge on any atom is -0.457 e. The van der Waals surface area contributed by atoms with E-state index >= 15 is 0 Å². The fourth-order valence-electron chi connectivity index (χ4n) is 1.31. The molecule has 0 unspecified atom stereocenters. The molecule has 0 amide bonds. The number of benzene rings is 1. The fourth-order valence-corrected chi connectivity index (χ4v) is 1.72. The van der Waals surface area contributed by atoms with Crippen molar-refractivity contribution in [1.82, 2.24) is 0 Å². The zero-order valence-corrected chi connectivity index (χ0v) is 8.48. The number of cyclic esters (lactones) is 1. The monoisotopic (exact) mass is 253 g/mol. The van der Waals surface area contributed by atoms with Crippen LogP contribution < -0.4 is 0 Å². The molecule has 14 heavy (non-hydrogen) atoms. The molecule has 0 fully saturated rings. The zero-order valence-electron chi connectivity index (χ0n) is 6.90. The first-order valence-electron chi connectivity index (χ1n) is 3.77. The first-order valence-corrected chi connectivity index (χ1v) is 4.57. The van der Waals surface area contributed by atoms with Crippen LogP contribution in [0.4, 0.5) is 5.69 Å². The molecule has 0 saturated carbocycles. The summed E-state index contributed by atoms with van der Waals surface area (Å²) < 4.78 is 5.41. The largest absolute Gasteiger partial charge is 0.457 e. The molecule has 0 aromatic heterocycles. The minimum absolute atomic E-state index is 0.245. The lowest BCUT2D eigenvalue weighted by molar-refractivity contribution is 0.0535. The maximum absolute atomic E-state index is 11.3. The van der Waals surface area contributed by atoms with Crippen molar-refractivity contribution in [2.24, 2.45) is 5.11 Å². The van der Waals surface area contributed by atoms with Crippen LogP contribution in [0, 0.1) is 0 Å². The number of hydrogen-bond acceptors (Lipinski definition) is 3. The van der Waals surface area contributed by atoms with Crippen LogP contribution in [-0.2, 0) is 11.3 Å². The van der Waals surface area contributed by atoms with Gasteiger partial charge in [0, 0.05) is 14.9 Å². The van der Waals surface area contributed by atoms with Crippen molar-refractivity contribution in [3.8, 4) is 0 Å². The van der Waals surface area contributed by atoms with E-state index in [-0.39, 0.29) is 6.61 Å². The van der Waals surface area contributed by atoms with Gasteiger partial charge in [-0.2, -0.15) is 0 Å². The van der Waals surface area contributed by atoms with Crippen molar-refractivity contribution < 1.29 is 9.53 Å². The fraction of sp³-hybridized carbons (Fsp3) is 0.125. The molecule has 0 N–H and O–H groups in total. The Kier molecular flexibility index (Phi) is 2.15. The molecule has 0 saturated heterocycles. The van der Waals surface area contributed by atoms with Crippen LogP contribution in [0.5, 0.6) is 0 Å². The van der Waals surface area contributed by atoms with E-state index in [0.29, 0.717) is 15.7 Å². The number of ether oxygens (including phenoxy) is 1. The number of nitrogens with zero attached hydrogens (tertiary/aromatic N) is 3. The summed E-state index contributed by atoms with van der Waals surface area (Å²) in [5.74, 6) is -0.441. The van der Waals surface area contributed by atoms with Gasteiger partial charge in [0.05, 0.1) is 11.3 Å². The molecule has 0 aliphatic carbocycles. The summed E-state index contributed by atoms with van der Waals surface area (Å²) in [7, 11) is 0. The summed E-state index contributed by atoms with van der Waals surface area (Å²) in [6, 6.07) is 3.49. The standard InChI is InChI=1S/C8H4BrN3O2/c9-5-2-1-4-3-14-8(13)6(4)7(5)11-12-10/h1-2H,3H2. The first-order chi connectivity index (χ1) is 6.74. The Balaban J connectivity index is 2.74. The zero-order chi connectivity index (χ0) is 10.1. The number of rotatable bonds is 1. The van der Waals surface area contributed by atoms with Crippen molar-refractivity contribution in [3.05, 3.63) is 38.2 Å². The van der Waals surface area contributed by atoms with E-state index in [1.165, 1.54) is 0 Å². The van der Waals surface area contributed by atoms with Crippen molar-refractivity contribution in [3.63, 3.8) is 0 Å². The molecular weight excluding hydrogens is 250 g/mol. The van der Waals surface area contributed by atoms with Crippen molar-refractivity contribution in [2.75, 3.05) is 0 Å². The SMILES string of the molecule is [N-]=[N+]=Nc1c(Br)ccc2c1C(=O)OC2. The van der Waals surface area contributed by atoms with Gasteiger partial charge in [-0.25, -0.2) is 4.79 Å². The number of esters is 1. The lowest BCUT2D eigenvalue weighted by Gasteiger charge is -2.00. The highest BCUT2D eigenvalue weighted by Gasteiger charge is 2.25. The Morgan fingerprint density at radius 3 is 3.07 bits per heavy atom. The van der Waals surface area contributed by atoms with E-state index < -0.39 is 5.97 Å². The highest BCUT2D eigenvalue weighted by atomic mass is 79.9. The van der Waals surface area contributed by atoms with Gasteiger partial charge < -0.3 is 4.74 Å². The maximum atomic E-state index is 11.3. The van der Waals surface area contributed by atoms with Crippen molar-refractivity contribution >= 4 is 27.6 Å². The molecule has 1 aliphatic heterocycles. The van der Waals surface area contributed by atoms with Crippen molar-refractivity contribution in [1.29, 1.82) is 0 Å². The van der Waals surface area contributed by atoms with Gasteiger partial charge in [0.2, 0.25) is 0 Å². The second-order valence-electron chi connectivity index (χ2n) is 2.70. The molecule has 0 atom stereocenters. The molecule has 0 spiro atoms. The molecule has 1 heterocycles. The molecule has 5 nitrogen and oxygen atoms in total. The molecule has 1 aromatic carbocycles. The predicted molar refractivity (Wildman–Crippen MR) is 52.1 cm³/mol. The highest BCUT2D eigenvalue weighted by molar-refractivity contribution is 9.10. The Morgan fingerprint density at radius 2 is 2.36 bits per heavy atom. The highest BCUT2D eigenvalue weighted by Crippen LogP contribution is 2.35. The van der Waals surface area contributed by atoms with E-state index in [4.69, 9.17) is 10.3 Å².